The smallest absolute Gasteiger partial charge is 0.237 e. The topological polar surface area (TPSA) is 70.2 Å². The van der Waals surface area contributed by atoms with Crippen LogP contribution in [0.2, 0.25) is 0 Å². The van der Waals surface area contributed by atoms with E-state index in [1.165, 1.54) is 0 Å². The zero-order valence-corrected chi connectivity index (χ0v) is 10.2. The molecule has 16 heavy (non-hydrogen) atoms. The molecule has 2 unspecified atom stereocenters. The van der Waals surface area contributed by atoms with Crippen LogP contribution < -0.4 is 16.0 Å². The number of nitrogens with one attached hydrogen (secondary N) is 3. The summed E-state index contributed by atoms with van der Waals surface area (Å²) < 4.78 is 0. The molecule has 2 amide bonds. The number of hydrogen-bond donors (Lipinski definition) is 3. The highest BCUT2D eigenvalue weighted by molar-refractivity contribution is 5.81. The normalized spacial score (nSPS) is 22.0. The molecule has 3 N–H and O–H groups in total. The summed E-state index contributed by atoms with van der Waals surface area (Å²) >= 11 is 0. The fraction of sp³-hybridized carbons (Fsp3) is 0.818. The maximum Gasteiger partial charge on any atom is 0.237 e. The van der Waals surface area contributed by atoms with Crippen molar-refractivity contribution in [1.82, 2.24) is 16.0 Å². The second kappa shape index (κ2) is 5.84. The van der Waals surface area contributed by atoms with Gasteiger partial charge in [-0.25, -0.2) is 0 Å². The first-order valence-corrected chi connectivity index (χ1v) is 5.82. The summed E-state index contributed by atoms with van der Waals surface area (Å²) in [6.45, 7) is 6.34. The van der Waals surface area contributed by atoms with E-state index >= 15 is 0 Å². The van der Waals surface area contributed by atoms with Crippen molar-refractivity contribution in [3.8, 4) is 0 Å². The van der Waals surface area contributed by atoms with E-state index in [-0.39, 0.29) is 29.9 Å². The third kappa shape index (κ3) is 4.18. The van der Waals surface area contributed by atoms with Gasteiger partial charge in [0.15, 0.2) is 0 Å². The van der Waals surface area contributed by atoms with E-state index in [9.17, 15) is 9.59 Å². The van der Waals surface area contributed by atoms with Crippen LogP contribution in [0, 0.1) is 0 Å². The van der Waals surface area contributed by atoms with Crippen molar-refractivity contribution in [3.05, 3.63) is 0 Å². The minimum Gasteiger partial charge on any atom is -0.353 e. The Morgan fingerprint density at radius 3 is 2.69 bits per heavy atom. The number of amides is 2. The molecule has 5 nitrogen and oxygen atoms in total. The Morgan fingerprint density at radius 1 is 1.50 bits per heavy atom. The molecule has 0 radical (unpaired) electrons. The van der Waals surface area contributed by atoms with Crippen LogP contribution in [0.4, 0.5) is 0 Å². The van der Waals surface area contributed by atoms with Crippen molar-refractivity contribution >= 4 is 11.8 Å². The molecule has 1 saturated heterocycles. The lowest BCUT2D eigenvalue weighted by Gasteiger charge is -2.18. The average Bonchev–Trinajstić information content (AvgIpc) is 2.59. The molecular weight excluding hydrogens is 206 g/mol. The lowest BCUT2D eigenvalue weighted by Crippen LogP contribution is -2.48. The van der Waals surface area contributed by atoms with Crippen LogP contribution in [0.15, 0.2) is 0 Å². The van der Waals surface area contributed by atoms with Gasteiger partial charge in [0, 0.05) is 25.0 Å². The van der Waals surface area contributed by atoms with Crippen LogP contribution >= 0.6 is 0 Å². The third-order valence-electron chi connectivity index (χ3n) is 2.58. The molecule has 92 valence electrons. The first-order chi connectivity index (χ1) is 7.49. The molecule has 2 atom stereocenters. The van der Waals surface area contributed by atoms with E-state index < -0.39 is 0 Å². The zero-order chi connectivity index (χ0) is 12.1. The van der Waals surface area contributed by atoms with Gasteiger partial charge in [-0.1, -0.05) is 0 Å². The van der Waals surface area contributed by atoms with Gasteiger partial charge in [0.2, 0.25) is 11.8 Å². The summed E-state index contributed by atoms with van der Waals surface area (Å²) in [7, 11) is 0. The van der Waals surface area contributed by atoms with E-state index in [1.807, 2.05) is 20.8 Å². The molecule has 0 aliphatic carbocycles. The lowest BCUT2D eigenvalue weighted by molar-refractivity contribution is -0.123. The van der Waals surface area contributed by atoms with Crippen LogP contribution in [0.1, 0.15) is 33.6 Å². The van der Waals surface area contributed by atoms with Gasteiger partial charge in [0.25, 0.3) is 0 Å². The van der Waals surface area contributed by atoms with Crippen molar-refractivity contribution in [2.45, 2.75) is 51.7 Å². The van der Waals surface area contributed by atoms with Crippen LogP contribution in [-0.2, 0) is 9.59 Å². The number of carbonyl (C=O) groups excluding carboxylic acids is 2. The van der Waals surface area contributed by atoms with E-state index in [0.29, 0.717) is 13.0 Å². The Morgan fingerprint density at radius 2 is 2.19 bits per heavy atom. The van der Waals surface area contributed by atoms with E-state index in [4.69, 9.17) is 0 Å². The Kier molecular flexibility index (Phi) is 4.73. The molecule has 0 bridgehead atoms. The monoisotopic (exact) mass is 227 g/mol. The lowest BCUT2D eigenvalue weighted by atomic mass is 10.2. The second-order valence-corrected chi connectivity index (χ2v) is 4.60. The van der Waals surface area contributed by atoms with Crippen molar-refractivity contribution in [2.24, 2.45) is 0 Å². The van der Waals surface area contributed by atoms with Gasteiger partial charge < -0.3 is 16.0 Å². The third-order valence-corrected chi connectivity index (χ3v) is 2.58. The minimum absolute atomic E-state index is 0.000626. The van der Waals surface area contributed by atoms with Crippen molar-refractivity contribution < 1.29 is 9.59 Å². The standard InChI is InChI=1S/C11H21N3O2/c1-7(2)13-11(16)8(3)12-6-9-4-5-10(15)14-9/h7-9,12H,4-6H2,1-3H3,(H,13,16)(H,14,15). The SMILES string of the molecule is CC(C)NC(=O)C(C)NCC1CCC(=O)N1. The molecule has 1 heterocycles. The first kappa shape index (κ1) is 13.0. The highest BCUT2D eigenvalue weighted by Crippen LogP contribution is 2.05. The molecule has 0 aromatic rings. The van der Waals surface area contributed by atoms with E-state index in [1.54, 1.807) is 0 Å². The Bertz CT molecular complexity index is 266. The molecular formula is C11H21N3O2. The Labute approximate surface area is 96.4 Å². The zero-order valence-electron chi connectivity index (χ0n) is 10.2. The second-order valence-electron chi connectivity index (χ2n) is 4.60. The van der Waals surface area contributed by atoms with E-state index in [2.05, 4.69) is 16.0 Å². The summed E-state index contributed by atoms with van der Waals surface area (Å²) in [5.41, 5.74) is 0. The van der Waals surface area contributed by atoms with Crippen molar-refractivity contribution in [1.29, 1.82) is 0 Å². The number of carbonyl (C=O) groups is 2. The minimum atomic E-state index is -0.222. The molecule has 0 saturated carbocycles. The van der Waals surface area contributed by atoms with E-state index in [0.717, 1.165) is 6.42 Å². The van der Waals surface area contributed by atoms with Gasteiger partial charge >= 0.3 is 0 Å². The number of hydrogen-bond acceptors (Lipinski definition) is 3. The Hall–Kier alpha value is -1.10. The van der Waals surface area contributed by atoms with Gasteiger partial charge in [0.1, 0.15) is 0 Å². The molecule has 0 spiro atoms. The first-order valence-electron chi connectivity index (χ1n) is 5.82. The summed E-state index contributed by atoms with van der Waals surface area (Å²) in [4.78, 5) is 22.5. The predicted octanol–water partition coefficient (Wildman–Crippen LogP) is -0.232. The molecule has 1 aliphatic heterocycles. The van der Waals surface area contributed by atoms with Crippen molar-refractivity contribution in [3.63, 3.8) is 0 Å². The highest BCUT2D eigenvalue weighted by atomic mass is 16.2. The maximum absolute atomic E-state index is 11.6. The molecule has 1 rings (SSSR count). The van der Waals surface area contributed by atoms with Gasteiger partial charge in [-0.2, -0.15) is 0 Å². The molecule has 5 heteroatoms. The van der Waals surface area contributed by atoms with Gasteiger partial charge in [-0.05, 0) is 27.2 Å². The molecule has 0 aromatic carbocycles. The van der Waals surface area contributed by atoms with Crippen LogP contribution in [0.3, 0.4) is 0 Å². The molecule has 0 aromatic heterocycles. The van der Waals surface area contributed by atoms with Gasteiger partial charge in [-0.3, -0.25) is 9.59 Å². The summed E-state index contributed by atoms with van der Waals surface area (Å²) in [5.74, 6) is 0.102. The largest absolute Gasteiger partial charge is 0.353 e. The highest BCUT2D eigenvalue weighted by Gasteiger charge is 2.22. The summed E-state index contributed by atoms with van der Waals surface area (Å²) in [5, 5.41) is 8.82. The fourth-order valence-corrected chi connectivity index (χ4v) is 1.65. The van der Waals surface area contributed by atoms with Crippen LogP contribution in [0.5, 0.6) is 0 Å². The fourth-order valence-electron chi connectivity index (χ4n) is 1.65. The maximum atomic E-state index is 11.6. The Balaban J connectivity index is 2.21. The van der Waals surface area contributed by atoms with Gasteiger partial charge in [0.05, 0.1) is 6.04 Å². The molecule has 1 fully saturated rings. The predicted molar refractivity (Wildman–Crippen MR) is 61.9 cm³/mol. The molecule has 1 aliphatic rings. The van der Waals surface area contributed by atoms with Gasteiger partial charge in [-0.15, -0.1) is 0 Å². The quantitative estimate of drug-likeness (QED) is 0.607. The summed E-state index contributed by atoms with van der Waals surface area (Å²) in [6, 6.07) is 0.102. The average molecular weight is 227 g/mol. The van der Waals surface area contributed by atoms with Crippen LogP contribution in [-0.4, -0.2) is 36.5 Å². The number of rotatable bonds is 5. The summed E-state index contributed by atoms with van der Waals surface area (Å²) in [6.07, 6.45) is 1.45. The van der Waals surface area contributed by atoms with Crippen molar-refractivity contribution in [2.75, 3.05) is 6.54 Å². The van der Waals surface area contributed by atoms with Crippen LogP contribution in [0.25, 0.3) is 0 Å².